The molecule has 0 aromatic heterocycles. The van der Waals surface area contributed by atoms with Crippen LogP contribution in [0.3, 0.4) is 0 Å². The van der Waals surface area contributed by atoms with Crippen molar-refractivity contribution < 1.29 is 19.1 Å². The van der Waals surface area contributed by atoms with Crippen molar-refractivity contribution >= 4 is 67.6 Å². The first kappa shape index (κ1) is 34.1. The highest BCUT2D eigenvalue weighted by Gasteiger charge is 2.25. The molecule has 0 saturated heterocycles. The highest BCUT2D eigenvalue weighted by atomic mass is 16.5. The summed E-state index contributed by atoms with van der Waals surface area (Å²) in [7, 11) is 2.85. The van der Waals surface area contributed by atoms with Crippen molar-refractivity contribution in [3.63, 3.8) is 0 Å². The summed E-state index contributed by atoms with van der Waals surface area (Å²) < 4.78 is 9.75. The molecule has 0 radical (unpaired) electrons. The second-order valence-corrected chi connectivity index (χ2v) is 12.6. The van der Waals surface area contributed by atoms with Crippen LogP contribution in [0.25, 0.3) is 21.5 Å². The highest BCUT2D eigenvalue weighted by Crippen LogP contribution is 2.50. The second-order valence-electron chi connectivity index (χ2n) is 12.6. The summed E-state index contributed by atoms with van der Waals surface area (Å²) in [6, 6.07) is 55.1. The molecule has 0 unspecified atom stereocenters. The molecule has 258 valence electrons. The van der Waals surface area contributed by atoms with Crippen LogP contribution in [-0.4, -0.2) is 26.2 Å². The normalized spacial score (nSPS) is 11.0. The molecule has 0 spiro atoms. The number of hydrogen-bond donors (Lipinski definition) is 0. The van der Waals surface area contributed by atoms with Gasteiger partial charge in [-0.15, -0.1) is 0 Å². The molecule has 6 nitrogen and oxygen atoms in total. The van der Waals surface area contributed by atoms with E-state index in [0.717, 1.165) is 66.8 Å². The van der Waals surface area contributed by atoms with Gasteiger partial charge in [0.15, 0.2) is 0 Å². The number of esters is 2. The van der Waals surface area contributed by atoms with Crippen LogP contribution in [0, 0.1) is 0 Å². The number of benzene rings is 7. The van der Waals surface area contributed by atoms with Crippen molar-refractivity contribution in [2.75, 3.05) is 24.0 Å². The molecule has 7 rings (SSSR count). The van der Waals surface area contributed by atoms with Gasteiger partial charge >= 0.3 is 11.9 Å². The van der Waals surface area contributed by atoms with Gasteiger partial charge in [-0.25, -0.2) is 0 Å². The number of rotatable bonds is 12. The van der Waals surface area contributed by atoms with E-state index in [1.807, 2.05) is 12.1 Å². The van der Waals surface area contributed by atoms with Crippen molar-refractivity contribution in [3.8, 4) is 0 Å². The molecule has 0 aliphatic rings. The number of ether oxygens (including phenoxy) is 2. The Labute approximate surface area is 304 Å². The molecule has 6 heteroatoms. The van der Waals surface area contributed by atoms with Crippen LogP contribution in [-0.2, 0) is 31.9 Å². The number of hydrogen-bond acceptors (Lipinski definition) is 6. The Morgan fingerprint density at radius 3 is 1.00 bits per heavy atom. The first-order chi connectivity index (χ1) is 25.6. The van der Waals surface area contributed by atoms with E-state index in [-0.39, 0.29) is 11.9 Å². The fourth-order valence-corrected chi connectivity index (χ4v) is 6.85. The van der Waals surface area contributed by atoms with Gasteiger partial charge in [-0.1, -0.05) is 109 Å². The number of fused-ring (bicyclic) bond motifs is 2. The number of aryl methyl sites for hydroxylation is 2. The number of para-hydroxylation sites is 2. The smallest absolute Gasteiger partial charge is 0.305 e. The van der Waals surface area contributed by atoms with Crippen molar-refractivity contribution in [1.82, 2.24) is 0 Å². The molecule has 0 amide bonds. The summed E-state index contributed by atoms with van der Waals surface area (Å²) in [4.78, 5) is 28.4. The molecule has 0 bridgehead atoms. The van der Waals surface area contributed by atoms with E-state index >= 15 is 0 Å². The zero-order valence-corrected chi connectivity index (χ0v) is 29.4. The van der Waals surface area contributed by atoms with Gasteiger partial charge in [-0.05, 0) is 72.5 Å². The number of nitrogens with zero attached hydrogens (tertiary/aromatic N) is 2. The van der Waals surface area contributed by atoms with Crippen LogP contribution in [0.5, 0.6) is 0 Å². The Balaban J connectivity index is 1.44. The van der Waals surface area contributed by atoms with Gasteiger partial charge in [0.25, 0.3) is 0 Å². The molecule has 0 saturated carbocycles. The Hall–Kier alpha value is -6.40. The Bertz CT molecular complexity index is 2080. The van der Waals surface area contributed by atoms with E-state index < -0.39 is 0 Å². The lowest BCUT2D eigenvalue weighted by Crippen LogP contribution is -2.14. The van der Waals surface area contributed by atoms with Crippen LogP contribution in [0.4, 0.5) is 34.1 Å². The summed E-state index contributed by atoms with van der Waals surface area (Å²) >= 11 is 0. The number of methoxy groups -OCH3 is 2. The van der Waals surface area contributed by atoms with Gasteiger partial charge in [0.05, 0.1) is 25.6 Å². The zero-order chi connectivity index (χ0) is 35.9. The van der Waals surface area contributed by atoms with Gasteiger partial charge in [0, 0.05) is 57.1 Å². The maximum atomic E-state index is 11.9. The number of carbonyl (C=O) groups excluding carboxylic acids is 2. The summed E-state index contributed by atoms with van der Waals surface area (Å²) in [5.74, 6) is -0.431. The summed E-state index contributed by atoms with van der Waals surface area (Å²) in [5.41, 5.74) is 8.40. The molecule has 0 atom stereocenters. The third-order valence-electron chi connectivity index (χ3n) is 9.43. The standard InChI is InChI=1S/C46H40N2O4/c1-51-43(49)31-25-33-21-27-37(28-22-33)47(35-13-5-3-6-14-35)45-39-17-9-11-19-41(39)46(42-20-12-10-18-40(42)45)48(36-15-7-4-8-16-36)38-29-23-34(24-30-38)26-32-44(50)52-2/h3-24,27-30H,25-26,31-32H2,1-2H3. The third-order valence-corrected chi connectivity index (χ3v) is 9.43. The average molecular weight is 685 g/mol. The quantitative estimate of drug-likeness (QED) is 0.0725. The van der Waals surface area contributed by atoms with Gasteiger partial charge in [0.1, 0.15) is 0 Å². The molecule has 7 aromatic rings. The van der Waals surface area contributed by atoms with Gasteiger partial charge in [0.2, 0.25) is 0 Å². The van der Waals surface area contributed by atoms with Crippen molar-refractivity contribution in [2.24, 2.45) is 0 Å². The van der Waals surface area contributed by atoms with Crippen molar-refractivity contribution in [2.45, 2.75) is 25.7 Å². The fraction of sp³-hybridized carbons (Fsp3) is 0.130. The van der Waals surface area contributed by atoms with Crippen molar-refractivity contribution in [3.05, 3.63) is 169 Å². The van der Waals surface area contributed by atoms with Crippen LogP contribution in [0.15, 0.2) is 158 Å². The molecule has 52 heavy (non-hydrogen) atoms. The topological polar surface area (TPSA) is 59.1 Å². The number of anilines is 6. The molecule has 0 N–H and O–H groups in total. The average Bonchev–Trinajstić information content (AvgIpc) is 3.21. The Morgan fingerprint density at radius 2 is 0.692 bits per heavy atom. The number of carbonyl (C=O) groups is 2. The first-order valence-electron chi connectivity index (χ1n) is 17.5. The zero-order valence-electron chi connectivity index (χ0n) is 29.4. The SMILES string of the molecule is COC(=O)CCc1ccc(N(c2ccccc2)c2c3ccccc3c(N(c3ccccc3)c3ccc(CCC(=O)OC)cc3)c3ccccc23)cc1. The van der Waals surface area contributed by atoms with E-state index in [9.17, 15) is 9.59 Å². The Morgan fingerprint density at radius 1 is 0.404 bits per heavy atom. The maximum Gasteiger partial charge on any atom is 0.305 e. The molecule has 7 aromatic carbocycles. The highest BCUT2D eigenvalue weighted by molar-refractivity contribution is 6.23. The van der Waals surface area contributed by atoms with Crippen LogP contribution >= 0.6 is 0 Å². The van der Waals surface area contributed by atoms with E-state index in [4.69, 9.17) is 9.47 Å². The summed E-state index contributed by atoms with van der Waals surface area (Å²) in [6.45, 7) is 0. The van der Waals surface area contributed by atoms with Crippen LogP contribution in [0.1, 0.15) is 24.0 Å². The van der Waals surface area contributed by atoms with E-state index in [2.05, 4.69) is 155 Å². The van der Waals surface area contributed by atoms with E-state index in [1.165, 1.54) is 14.2 Å². The lowest BCUT2D eigenvalue weighted by Gasteiger charge is -2.33. The molecular formula is C46H40N2O4. The predicted octanol–water partition coefficient (Wildman–Crippen LogP) is 11.1. The first-order valence-corrected chi connectivity index (χ1v) is 17.5. The van der Waals surface area contributed by atoms with E-state index in [0.29, 0.717) is 25.7 Å². The van der Waals surface area contributed by atoms with Crippen LogP contribution in [0.2, 0.25) is 0 Å². The molecule has 0 fully saturated rings. The fourth-order valence-electron chi connectivity index (χ4n) is 6.85. The minimum Gasteiger partial charge on any atom is -0.469 e. The van der Waals surface area contributed by atoms with Crippen LogP contribution < -0.4 is 9.80 Å². The van der Waals surface area contributed by atoms with Gasteiger partial charge in [-0.3, -0.25) is 9.59 Å². The van der Waals surface area contributed by atoms with Gasteiger partial charge in [-0.2, -0.15) is 0 Å². The molecular weight excluding hydrogens is 645 g/mol. The molecule has 0 aliphatic carbocycles. The second kappa shape index (κ2) is 15.7. The molecule has 0 aliphatic heterocycles. The largest absolute Gasteiger partial charge is 0.469 e. The monoisotopic (exact) mass is 684 g/mol. The van der Waals surface area contributed by atoms with Crippen molar-refractivity contribution in [1.29, 1.82) is 0 Å². The Kier molecular flexibility index (Phi) is 10.3. The lowest BCUT2D eigenvalue weighted by atomic mass is 9.95. The minimum absolute atomic E-state index is 0.216. The predicted molar refractivity (Wildman–Crippen MR) is 211 cm³/mol. The summed E-state index contributed by atoms with van der Waals surface area (Å²) in [5, 5.41) is 4.41. The lowest BCUT2D eigenvalue weighted by molar-refractivity contribution is -0.141. The van der Waals surface area contributed by atoms with Gasteiger partial charge < -0.3 is 19.3 Å². The maximum absolute atomic E-state index is 11.9. The third kappa shape index (κ3) is 7.10. The minimum atomic E-state index is -0.216. The molecule has 0 heterocycles. The van der Waals surface area contributed by atoms with E-state index in [1.54, 1.807) is 0 Å². The summed E-state index contributed by atoms with van der Waals surface area (Å²) in [6.07, 6.45) is 1.90.